The number of hydrogen-bond acceptors (Lipinski definition) is 4. The highest BCUT2D eigenvalue weighted by molar-refractivity contribution is 8.15. The Morgan fingerprint density at radius 2 is 2.16 bits per heavy atom. The van der Waals surface area contributed by atoms with Crippen molar-refractivity contribution in [3.05, 3.63) is 35.9 Å². The molecular weight excluding hydrogens is 262 g/mol. The van der Waals surface area contributed by atoms with Crippen LogP contribution < -0.4 is 11.1 Å². The number of nitrogens with one attached hydrogen (secondary N) is 1. The maximum Gasteiger partial charge on any atom is 0.249 e. The lowest BCUT2D eigenvalue weighted by Gasteiger charge is -2.17. The molecule has 0 bridgehead atoms. The summed E-state index contributed by atoms with van der Waals surface area (Å²) in [6.45, 7) is 0.547. The van der Waals surface area contributed by atoms with Crippen molar-refractivity contribution in [3.8, 4) is 0 Å². The van der Waals surface area contributed by atoms with Gasteiger partial charge in [-0.2, -0.15) is 4.99 Å². The molecule has 3 N–H and O–H groups in total. The van der Waals surface area contributed by atoms with Crippen LogP contribution in [0.1, 0.15) is 12.0 Å². The normalized spacial score (nSPS) is 18.8. The number of thioether (sulfide) groups is 1. The van der Waals surface area contributed by atoms with Gasteiger partial charge in [0.15, 0.2) is 5.17 Å². The first-order valence-electron chi connectivity index (χ1n) is 6.00. The third-order valence-corrected chi connectivity index (χ3v) is 3.70. The lowest BCUT2D eigenvalue weighted by atomic mass is 10.1. The molecule has 2 rings (SSSR count). The first-order chi connectivity index (χ1) is 9.15. The number of amidine groups is 1. The Kier molecular flexibility index (Phi) is 4.57. The van der Waals surface area contributed by atoms with Crippen LogP contribution in [0.25, 0.3) is 0 Å². The summed E-state index contributed by atoms with van der Waals surface area (Å²) in [5, 5.41) is 2.53. The van der Waals surface area contributed by atoms with Crippen molar-refractivity contribution >= 4 is 28.7 Å². The summed E-state index contributed by atoms with van der Waals surface area (Å²) >= 11 is 1.14. The molecule has 0 fully saturated rings. The predicted molar refractivity (Wildman–Crippen MR) is 75.8 cm³/mol. The molecule has 6 heteroatoms. The molecule has 1 aliphatic heterocycles. The van der Waals surface area contributed by atoms with E-state index < -0.39 is 5.25 Å². The van der Waals surface area contributed by atoms with Crippen LogP contribution in [0, 0.1) is 0 Å². The standard InChI is InChI=1S/C13H15N3O2S/c14-13-16-11(17)8-10(19-13)12(18)15-7-6-9-4-2-1-3-5-9/h1-5,10H,6-8H2,(H,15,18)(H2,14,16,17)/t10-/m0/s1. The van der Waals surface area contributed by atoms with Gasteiger partial charge in [0, 0.05) is 6.54 Å². The van der Waals surface area contributed by atoms with E-state index in [1.807, 2.05) is 30.3 Å². The van der Waals surface area contributed by atoms with Gasteiger partial charge in [0.25, 0.3) is 0 Å². The lowest BCUT2D eigenvalue weighted by Crippen LogP contribution is -2.38. The van der Waals surface area contributed by atoms with Crippen LogP contribution in [0.5, 0.6) is 0 Å². The van der Waals surface area contributed by atoms with Gasteiger partial charge in [-0.25, -0.2) is 0 Å². The molecule has 0 radical (unpaired) electrons. The summed E-state index contributed by atoms with van der Waals surface area (Å²) in [5.74, 6) is -0.494. The number of amides is 2. The molecule has 5 nitrogen and oxygen atoms in total. The Balaban J connectivity index is 1.79. The van der Waals surface area contributed by atoms with Gasteiger partial charge >= 0.3 is 0 Å². The number of benzene rings is 1. The number of aliphatic imine (C=N–C) groups is 1. The molecule has 0 saturated carbocycles. The third-order valence-electron chi connectivity index (χ3n) is 2.71. The van der Waals surface area contributed by atoms with E-state index in [0.29, 0.717) is 6.54 Å². The van der Waals surface area contributed by atoms with Gasteiger partial charge in [0.1, 0.15) is 0 Å². The van der Waals surface area contributed by atoms with Crippen LogP contribution in [0.3, 0.4) is 0 Å². The summed E-state index contributed by atoms with van der Waals surface area (Å²) in [6, 6.07) is 9.90. The Bertz CT molecular complexity index is 502. The largest absolute Gasteiger partial charge is 0.378 e. The average Bonchev–Trinajstić information content (AvgIpc) is 2.38. The second kappa shape index (κ2) is 6.38. The highest BCUT2D eigenvalue weighted by atomic mass is 32.2. The Morgan fingerprint density at radius 1 is 1.42 bits per heavy atom. The zero-order chi connectivity index (χ0) is 13.7. The van der Waals surface area contributed by atoms with E-state index in [-0.39, 0.29) is 23.4 Å². The molecule has 1 aliphatic rings. The van der Waals surface area contributed by atoms with Gasteiger partial charge in [0.2, 0.25) is 11.8 Å². The summed E-state index contributed by atoms with van der Waals surface area (Å²) in [7, 11) is 0. The number of nitrogens with two attached hydrogens (primary N) is 1. The fourth-order valence-corrected chi connectivity index (χ4v) is 2.64. The third kappa shape index (κ3) is 4.10. The molecule has 0 aliphatic carbocycles. The quantitative estimate of drug-likeness (QED) is 0.848. The highest BCUT2D eigenvalue weighted by Crippen LogP contribution is 2.20. The summed E-state index contributed by atoms with van der Waals surface area (Å²) in [6.07, 6.45) is 0.879. The molecule has 19 heavy (non-hydrogen) atoms. The first kappa shape index (κ1) is 13.6. The van der Waals surface area contributed by atoms with Crippen molar-refractivity contribution in [2.24, 2.45) is 10.7 Å². The van der Waals surface area contributed by atoms with Gasteiger partial charge in [0.05, 0.1) is 11.7 Å². The van der Waals surface area contributed by atoms with Crippen LogP contribution >= 0.6 is 11.8 Å². The molecule has 2 amide bonds. The Morgan fingerprint density at radius 3 is 2.84 bits per heavy atom. The van der Waals surface area contributed by atoms with Crippen LogP contribution in [-0.2, 0) is 16.0 Å². The van der Waals surface area contributed by atoms with Crippen molar-refractivity contribution in [2.45, 2.75) is 18.1 Å². The predicted octanol–water partition coefficient (Wildman–Crippen LogP) is 0.692. The molecule has 0 saturated heterocycles. The molecule has 1 heterocycles. The maximum atomic E-state index is 11.9. The molecular formula is C13H15N3O2S. The van der Waals surface area contributed by atoms with Gasteiger partial charge in [-0.3, -0.25) is 9.59 Å². The molecule has 0 unspecified atom stereocenters. The molecule has 0 aromatic heterocycles. The minimum atomic E-state index is -0.458. The molecule has 1 atom stereocenters. The number of carbonyl (C=O) groups excluding carboxylic acids is 2. The number of carbonyl (C=O) groups is 2. The Hall–Kier alpha value is -1.82. The number of nitrogens with zero attached hydrogens (tertiary/aromatic N) is 1. The second-order valence-electron chi connectivity index (χ2n) is 4.18. The molecule has 0 spiro atoms. The van der Waals surface area contributed by atoms with Crippen molar-refractivity contribution in [3.63, 3.8) is 0 Å². The van der Waals surface area contributed by atoms with Crippen LogP contribution in [0.4, 0.5) is 0 Å². The zero-order valence-electron chi connectivity index (χ0n) is 10.3. The maximum absolute atomic E-state index is 11.9. The monoisotopic (exact) mass is 277 g/mol. The van der Waals surface area contributed by atoms with Crippen molar-refractivity contribution in [1.82, 2.24) is 5.32 Å². The van der Waals surface area contributed by atoms with E-state index in [0.717, 1.165) is 23.7 Å². The van der Waals surface area contributed by atoms with E-state index in [9.17, 15) is 9.59 Å². The van der Waals surface area contributed by atoms with Gasteiger partial charge < -0.3 is 11.1 Å². The molecule has 1 aromatic rings. The van der Waals surface area contributed by atoms with Crippen molar-refractivity contribution in [1.29, 1.82) is 0 Å². The van der Waals surface area contributed by atoms with E-state index >= 15 is 0 Å². The van der Waals surface area contributed by atoms with Gasteiger partial charge in [-0.15, -0.1) is 0 Å². The smallest absolute Gasteiger partial charge is 0.249 e. The minimum absolute atomic E-state index is 0.114. The second-order valence-corrected chi connectivity index (χ2v) is 5.40. The number of rotatable bonds is 4. The molecule has 1 aromatic carbocycles. The summed E-state index contributed by atoms with van der Waals surface area (Å²) < 4.78 is 0. The topological polar surface area (TPSA) is 84.5 Å². The zero-order valence-corrected chi connectivity index (χ0v) is 11.2. The average molecular weight is 277 g/mol. The van der Waals surface area contributed by atoms with Crippen molar-refractivity contribution in [2.75, 3.05) is 6.54 Å². The van der Waals surface area contributed by atoms with E-state index in [1.54, 1.807) is 0 Å². The highest BCUT2D eigenvalue weighted by Gasteiger charge is 2.27. The summed E-state index contributed by atoms with van der Waals surface area (Å²) in [4.78, 5) is 26.7. The van der Waals surface area contributed by atoms with E-state index in [2.05, 4.69) is 10.3 Å². The van der Waals surface area contributed by atoms with E-state index in [1.165, 1.54) is 0 Å². The van der Waals surface area contributed by atoms with Crippen LogP contribution in [0.2, 0.25) is 0 Å². The van der Waals surface area contributed by atoms with Gasteiger partial charge in [-0.05, 0) is 12.0 Å². The van der Waals surface area contributed by atoms with Gasteiger partial charge in [-0.1, -0.05) is 42.1 Å². The fraction of sp³-hybridized carbons (Fsp3) is 0.308. The Labute approximate surface area is 115 Å². The fourth-order valence-electron chi connectivity index (χ4n) is 1.78. The lowest BCUT2D eigenvalue weighted by molar-refractivity contribution is -0.124. The molecule has 100 valence electrons. The van der Waals surface area contributed by atoms with Crippen molar-refractivity contribution < 1.29 is 9.59 Å². The van der Waals surface area contributed by atoms with Crippen LogP contribution in [0.15, 0.2) is 35.3 Å². The van der Waals surface area contributed by atoms with E-state index in [4.69, 9.17) is 5.73 Å². The number of hydrogen-bond donors (Lipinski definition) is 2. The minimum Gasteiger partial charge on any atom is -0.378 e. The summed E-state index contributed by atoms with van der Waals surface area (Å²) in [5.41, 5.74) is 6.65. The first-order valence-corrected chi connectivity index (χ1v) is 6.88. The van der Waals surface area contributed by atoms with Crippen LogP contribution in [-0.4, -0.2) is 28.8 Å². The SMILES string of the molecule is NC1=NC(=O)C[C@@H](C(=O)NCCc2ccccc2)S1.